The molecule has 4 rings (SSSR count). The van der Waals surface area contributed by atoms with Crippen LogP contribution >= 0.6 is 0 Å². The standard InChI is InChI=1S/C16H20N4O3/c1-20-12-3-2-10(8-11(12)18-19-20)15(22)17-13-9-14(21)16(13)4-6-23-7-5-16/h2-3,8,13-14,21H,4-7,9H2,1H3,(H,17,22)/t13-,14-/m1/s1. The summed E-state index contributed by atoms with van der Waals surface area (Å²) in [5.74, 6) is -0.125. The van der Waals surface area contributed by atoms with Gasteiger partial charge in [-0.3, -0.25) is 4.79 Å². The Morgan fingerprint density at radius 1 is 1.43 bits per heavy atom. The zero-order valence-corrected chi connectivity index (χ0v) is 13.0. The molecular formula is C16H20N4O3. The summed E-state index contributed by atoms with van der Waals surface area (Å²) in [6.07, 6.45) is 1.85. The Kier molecular flexibility index (Phi) is 3.35. The number of aryl methyl sites for hydroxylation is 1. The first kappa shape index (κ1) is 14.6. The highest BCUT2D eigenvalue weighted by atomic mass is 16.5. The smallest absolute Gasteiger partial charge is 0.251 e. The van der Waals surface area contributed by atoms with Crippen molar-refractivity contribution in [3.63, 3.8) is 0 Å². The fraction of sp³-hybridized carbons (Fsp3) is 0.562. The summed E-state index contributed by atoms with van der Waals surface area (Å²) in [5, 5.41) is 21.3. The molecule has 1 aliphatic carbocycles. The highest BCUT2D eigenvalue weighted by Crippen LogP contribution is 2.49. The van der Waals surface area contributed by atoms with Crippen LogP contribution in [-0.4, -0.2) is 51.4 Å². The van der Waals surface area contributed by atoms with Gasteiger partial charge in [-0.25, -0.2) is 4.68 Å². The number of benzene rings is 1. The first-order valence-corrected chi connectivity index (χ1v) is 7.96. The minimum Gasteiger partial charge on any atom is -0.392 e. The third-order valence-corrected chi connectivity index (χ3v) is 5.42. The van der Waals surface area contributed by atoms with E-state index in [0.717, 1.165) is 18.4 Å². The highest BCUT2D eigenvalue weighted by molar-refractivity contribution is 5.97. The molecule has 122 valence electrons. The summed E-state index contributed by atoms with van der Waals surface area (Å²) in [6.45, 7) is 1.30. The first-order chi connectivity index (χ1) is 11.1. The van der Waals surface area contributed by atoms with E-state index < -0.39 is 0 Å². The Bertz CT molecular complexity index is 751. The van der Waals surface area contributed by atoms with Crippen LogP contribution < -0.4 is 5.32 Å². The molecule has 0 radical (unpaired) electrons. The van der Waals surface area contributed by atoms with Gasteiger partial charge in [0.2, 0.25) is 0 Å². The molecule has 1 aromatic carbocycles. The second-order valence-electron chi connectivity index (χ2n) is 6.54. The van der Waals surface area contributed by atoms with Gasteiger partial charge in [0.15, 0.2) is 0 Å². The molecule has 1 spiro atoms. The number of amides is 1. The van der Waals surface area contributed by atoms with Gasteiger partial charge in [0, 0.05) is 37.3 Å². The fourth-order valence-corrected chi connectivity index (χ4v) is 3.82. The molecule has 2 atom stereocenters. The zero-order chi connectivity index (χ0) is 16.0. The average molecular weight is 316 g/mol. The van der Waals surface area contributed by atoms with Gasteiger partial charge < -0.3 is 15.2 Å². The Hall–Kier alpha value is -1.99. The molecule has 1 aliphatic heterocycles. The molecule has 2 aliphatic rings. The first-order valence-electron chi connectivity index (χ1n) is 7.96. The van der Waals surface area contributed by atoms with E-state index >= 15 is 0 Å². The van der Waals surface area contributed by atoms with Gasteiger partial charge in [-0.1, -0.05) is 5.21 Å². The van der Waals surface area contributed by atoms with Crippen LogP contribution in [0.1, 0.15) is 29.6 Å². The molecule has 2 N–H and O–H groups in total. The topological polar surface area (TPSA) is 89.3 Å². The number of aliphatic hydroxyl groups excluding tert-OH is 1. The van der Waals surface area contributed by atoms with E-state index in [1.165, 1.54) is 0 Å². The molecule has 1 saturated heterocycles. The van der Waals surface area contributed by atoms with E-state index in [2.05, 4.69) is 15.6 Å². The zero-order valence-electron chi connectivity index (χ0n) is 13.0. The minimum absolute atomic E-state index is 0.00598. The Balaban J connectivity index is 1.52. The van der Waals surface area contributed by atoms with E-state index in [1.54, 1.807) is 16.8 Å². The average Bonchev–Trinajstić information content (AvgIpc) is 2.96. The van der Waals surface area contributed by atoms with Gasteiger partial charge in [0.05, 0.1) is 11.6 Å². The summed E-state index contributed by atoms with van der Waals surface area (Å²) >= 11 is 0. The number of nitrogens with zero attached hydrogens (tertiary/aromatic N) is 3. The van der Waals surface area contributed by atoms with Crippen LogP contribution in [0.3, 0.4) is 0 Å². The van der Waals surface area contributed by atoms with Gasteiger partial charge >= 0.3 is 0 Å². The van der Waals surface area contributed by atoms with Crippen molar-refractivity contribution in [1.82, 2.24) is 20.3 Å². The number of aromatic nitrogens is 3. The summed E-state index contributed by atoms with van der Waals surface area (Å²) in [6, 6.07) is 5.40. The van der Waals surface area contributed by atoms with Crippen molar-refractivity contribution in [3.05, 3.63) is 23.8 Å². The predicted molar refractivity (Wildman–Crippen MR) is 82.9 cm³/mol. The van der Waals surface area contributed by atoms with Crippen LogP contribution in [-0.2, 0) is 11.8 Å². The maximum Gasteiger partial charge on any atom is 0.251 e. The number of hydrogen-bond acceptors (Lipinski definition) is 5. The van der Waals surface area contributed by atoms with Crippen LogP contribution in [0.5, 0.6) is 0 Å². The van der Waals surface area contributed by atoms with E-state index in [0.29, 0.717) is 30.7 Å². The highest BCUT2D eigenvalue weighted by Gasteiger charge is 2.55. The van der Waals surface area contributed by atoms with E-state index in [-0.39, 0.29) is 23.5 Å². The van der Waals surface area contributed by atoms with Crippen LogP contribution in [0.25, 0.3) is 11.0 Å². The van der Waals surface area contributed by atoms with Gasteiger partial charge in [-0.05, 0) is 37.5 Å². The van der Waals surface area contributed by atoms with Gasteiger partial charge in [0.1, 0.15) is 5.52 Å². The van der Waals surface area contributed by atoms with Crippen LogP contribution in [0, 0.1) is 5.41 Å². The molecule has 2 heterocycles. The largest absolute Gasteiger partial charge is 0.392 e. The third-order valence-electron chi connectivity index (χ3n) is 5.42. The van der Waals surface area contributed by atoms with Crippen LogP contribution in [0.15, 0.2) is 18.2 Å². The summed E-state index contributed by atoms with van der Waals surface area (Å²) in [4.78, 5) is 12.6. The van der Waals surface area contributed by atoms with E-state index in [4.69, 9.17) is 4.74 Å². The Labute approximate surface area is 133 Å². The van der Waals surface area contributed by atoms with E-state index in [1.807, 2.05) is 13.1 Å². The molecule has 7 nitrogen and oxygen atoms in total. The fourth-order valence-electron chi connectivity index (χ4n) is 3.82. The number of hydrogen-bond donors (Lipinski definition) is 2. The summed E-state index contributed by atoms with van der Waals surface area (Å²) in [7, 11) is 1.82. The van der Waals surface area contributed by atoms with Crippen molar-refractivity contribution < 1.29 is 14.6 Å². The quantitative estimate of drug-likeness (QED) is 0.848. The molecule has 0 bridgehead atoms. The molecule has 7 heteroatoms. The maximum atomic E-state index is 12.6. The second-order valence-corrected chi connectivity index (χ2v) is 6.54. The normalized spacial score (nSPS) is 26.2. The molecule has 2 fully saturated rings. The lowest BCUT2D eigenvalue weighted by atomic mass is 9.58. The molecule has 1 saturated carbocycles. The van der Waals surface area contributed by atoms with Crippen molar-refractivity contribution in [3.8, 4) is 0 Å². The van der Waals surface area contributed by atoms with Crippen molar-refractivity contribution >= 4 is 16.9 Å². The molecule has 0 unspecified atom stereocenters. The molecular weight excluding hydrogens is 296 g/mol. The number of nitrogens with one attached hydrogen (secondary N) is 1. The number of ether oxygens (including phenoxy) is 1. The minimum atomic E-state index is -0.348. The third kappa shape index (κ3) is 2.22. The summed E-state index contributed by atoms with van der Waals surface area (Å²) in [5.41, 5.74) is 1.95. The van der Waals surface area contributed by atoms with E-state index in [9.17, 15) is 9.90 Å². The molecule has 1 amide bonds. The SMILES string of the molecule is Cn1nnc2cc(C(=O)N[C@@H]3C[C@@H](O)C34CCOCC4)ccc21. The van der Waals surface area contributed by atoms with Crippen LogP contribution in [0.4, 0.5) is 0 Å². The lowest BCUT2D eigenvalue weighted by molar-refractivity contribution is -0.145. The predicted octanol–water partition coefficient (Wildman–Crippen LogP) is 0.628. The number of rotatable bonds is 2. The van der Waals surface area contributed by atoms with Crippen molar-refractivity contribution in [1.29, 1.82) is 0 Å². The van der Waals surface area contributed by atoms with Crippen molar-refractivity contribution in [2.45, 2.75) is 31.4 Å². The Morgan fingerprint density at radius 2 is 2.22 bits per heavy atom. The lowest BCUT2D eigenvalue weighted by Gasteiger charge is -2.55. The number of carbonyl (C=O) groups excluding carboxylic acids is 1. The van der Waals surface area contributed by atoms with Gasteiger partial charge in [0.25, 0.3) is 5.91 Å². The van der Waals surface area contributed by atoms with Gasteiger partial charge in [-0.15, -0.1) is 5.10 Å². The molecule has 1 aromatic heterocycles. The molecule has 23 heavy (non-hydrogen) atoms. The second kappa shape index (κ2) is 5.28. The van der Waals surface area contributed by atoms with Gasteiger partial charge in [-0.2, -0.15) is 0 Å². The summed E-state index contributed by atoms with van der Waals surface area (Å²) < 4.78 is 7.07. The maximum absolute atomic E-state index is 12.6. The number of carbonyl (C=O) groups is 1. The van der Waals surface area contributed by atoms with Crippen molar-refractivity contribution in [2.75, 3.05) is 13.2 Å². The monoisotopic (exact) mass is 316 g/mol. The lowest BCUT2D eigenvalue weighted by Crippen LogP contribution is -2.65. The number of fused-ring (bicyclic) bond motifs is 1. The van der Waals surface area contributed by atoms with Crippen molar-refractivity contribution in [2.24, 2.45) is 12.5 Å². The Morgan fingerprint density at radius 3 is 2.96 bits per heavy atom. The number of aliphatic hydroxyl groups is 1. The van der Waals surface area contributed by atoms with Crippen LogP contribution in [0.2, 0.25) is 0 Å². The molecule has 2 aromatic rings.